The van der Waals surface area contributed by atoms with E-state index >= 15 is 0 Å². The summed E-state index contributed by atoms with van der Waals surface area (Å²) in [6.45, 7) is 0. The second kappa shape index (κ2) is 13.2. The highest BCUT2D eigenvalue weighted by Gasteiger charge is 2.53. The van der Waals surface area contributed by atoms with Gasteiger partial charge in [0.1, 0.15) is 0 Å². The van der Waals surface area contributed by atoms with E-state index < -0.39 is 13.3 Å². The average Bonchev–Trinajstić information content (AvgIpc) is 3.75. The maximum absolute atomic E-state index is 5.64. The van der Waals surface area contributed by atoms with Gasteiger partial charge in [-0.1, -0.05) is 212 Å². The topological polar surface area (TPSA) is 25.8 Å². The maximum atomic E-state index is 5.64. The van der Waals surface area contributed by atoms with Crippen LogP contribution in [0.5, 0.6) is 0 Å². The van der Waals surface area contributed by atoms with Crippen LogP contribution in [-0.4, -0.2) is 9.97 Å². The van der Waals surface area contributed by atoms with E-state index in [2.05, 4.69) is 212 Å². The quantitative estimate of drug-likeness (QED) is 0.159. The number of hydrogen-bond donors (Lipinski definition) is 0. The van der Waals surface area contributed by atoms with E-state index in [-0.39, 0.29) is 0 Å². The third kappa shape index (κ3) is 5.00. The summed E-state index contributed by atoms with van der Waals surface area (Å²) in [6.07, 6.45) is 0. The molecule has 1 spiro atoms. The standard InChI is InChI=1S/C53H35N2P/c1-4-16-38(17-5-1)50-49-45-24-12-15-27-48(45)53(46-25-13-10-22-43(46)44-23-11-14-26-47(44)53)51(49)55-52(54-50)39-30-28-36(29-31-39)37-32-34-42(35-33-37)56(40-18-6-2-7-19-40)41-20-8-3-9-21-41/h1-35H. The van der Waals surface area contributed by atoms with Crippen molar-refractivity contribution in [1.82, 2.24) is 9.97 Å². The normalized spacial score (nSPS) is 12.9. The van der Waals surface area contributed by atoms with Crippen molar-refractivity contribution < 1.29 is 0 Å². The zero-order chi connectivity index (χ0) is 37.1. The van der Waals surface area contributed by atoms with Crippen LogP contribution in [0, 0.1) is 0 Å². The number of hydrogen-bond acceptors (Lipinski definition) is 2. The summed E-state index contributed by atoms with van der Waals surface area (Å²) in [6, 6.07) is 76.9. The van der Waals surface area contributed by atoms with E-state index in [1.165, 1.54) is 54.9 Å². The highest BCUT2D eigenvalue weighted by Crippen LogP contribution is 2.63. The molecule has 0 saturated carbocycles. The van der Waals surface area contributed by atoms with Crippen molar-refractivity contribution in [2.24, 2.45) is 0 Å². The van der Waals surface area contributed by atoms with Gasteiger partial charge in [-0.05, 0) is 68.3 Å². The first kappa shape index (κ1) is 32.7. The molecule has 0 unspecified atom stereocenters. The van der Waals surface area contributed by atoms with E-state index in [1.807, 2.05) is 0 Å². The Morgan fingerprint density at radius 2 is 0.732 bits per heavy atom. The van der Waals surface area contributed by atoms with Gasteiger partial charge in [0, 0.05) is 16.7 Å². The second-order valence-electron chi connectivity index (χ2n) is 14.5. The van der Waals surface area contributed by atoms with Gasteiger partial charge < -0.3 is 0 Å². The zero-order valence-corrected chi connectivity index (χ0v) is 31.4. The van der Waals surface area contributed by atoms with Crippen molar-refractivity contribution in [3.8, 4) is 56.0 Å². The van der Waals surface area contributed by atoms with Crippen molar-refractivity contribution in [2.75, 3.05) is 0 Å². The van der Waals surface area contributed by atoms with E-state index in [1.54, 1.807) is 0 Å². The molecule has 0 fully saturated rings. The van der Waals surface area contributed by atoms with Gasteiger partial charge in [-0.2, -0.15) is 0 Å². The lowest BCUT2D eigenvalue weighted by Gasteiger charge is -2.29. The van der Waals surface area contributed by atoms with Crippen molar-refractivity contribution in [2.45, 2.75) is 5.41 Å². The zero-order valence-electron chi connectivity index (χ0n) is 30.5. The SMILES string of the molecule is c1ccc(-c2nc(-c3ccc(-c4ccc(P(c5ccccc5)c5ccccc5)cc4)cc3)nc3c2-c2ccccc2C32c3ccccc3-c3ccccc32)cc1. The van der Waals surface area contributed by atoms with Crippen LogP contribution in [0.15, 0.2) is 212 Å². The molecule has 1 heterocycles. The first-order chi connectivity index (χ1) is 27.8. The van der Waals surface area contributed by atoms with Gasteiger partial charge in [0.25, 0.3) is 0 Å². The van der Waals surface area contributed by atoms with Gasteiger partial charge in [0.15, 0.2) is 5.82 Å². The molecule has 0 bridgehead atoms. The largest absolute Gasteiger partial charge is 0.231 e. The lowest BCUT2D eigenvalue weighted by molar-refractivity contribution is 0.758. The number of aromatic nitrogens is 2. The van der Waals surface area contributed by atoms with Crippen molar-refractivity contribution >= 4 is 23.8 Å². The van der Waals surface area contributed by atoms with E-state index in [9.17, 15) is 0 Å². The van der Waals surface area contributed by atoms with Crippen molar-refractivity contribution in [3.63, 3.8) is 0 Å². The van der Waals surface area contributed by atoms with Crippen LogP contribution in [0.25, 0.3) is 56.0 Å². The Bertz CT molecular complexity index is 2800. The van der Waals surface area contributed by atoms with Crippen LogP contribution in [0.1, 0.15) is 22.4 Å². The lowest BCUT2D eigenvalue weighted by atomic mass is 9.72. The summed E-state index contributed by atoms with van der Waals surface area (Å²) < 4.78 is 0. The Kier molecular flexibility index (Phi) is 7.72. The van der Waals surface area contributed by atoms with Gasteiger partial charge in [-0.25, -0.2) is 9.97 Å². The molecule has 9 aromatic rings. The minimum absolute atomic E-state index is 0.555. The molecule has 0 amide bonds. The van der Waals surface area contributed by atoms with Crippen LogP contribution in [0.2, 0.25) is 0 Å². The summed E-state index contributed by atoms with van der Waals surface area (Å²) in [5.41, 5.74) is 14.5. The Morgan fingerprint density at radius 1 is 0.321 bits per heavy atom. The summed E-state index contributed by atoms with van der Waals surface area (Å²) in [4.78, 5) is 11.1. The summed E-state index contributed by atoms with van der Waals surface area (Å²) in [7, 11) is -0.660. The average molecular weight is 731 g/mol. The minimum atomic E-state index is -0.660. The molecule has 8 aromatic carbocycles. The predicted octanol–water partition coefficient (Wildman–Crippen LogP) is 11.6. The van der Waals surface area contributed by atoms with Gasteiger partial charge in [-0.3, -0.25) is 0 Å². The molecular weight excluding hydrogens is 696 g/mol. The third-order valence-corrected chi connectivity index (χ3v) is 13.9. The number of benzene rings is 8. The molecule has 2 aliphatic rings. The number of rotatable bonds is 6. The van der Waals surface area contributed by atoms with Crippen LogP contribution in [0.4, 0.5) is 0 Å². The molecule has 0 N–H and O–H groups in total. The van der Waals surface area contributed by atoms with Gasteiger partial charge in [0.2, 0.25) is 0 Å². The first-order valence-corrected chi connectivity index (χ1v) is 20.5. The molecule has 0 saturated heterocycles. The predicted molar refractivity (Wildman–Crippen MR) is 233 cm³/mol. The fraction of sp³-hybridized carbons (Fsp3) is 0.0189. The third-order valence-electron chi connectivity index (χ3n) is 11.5. The molecule has 1 aromatic heterocycles. The number of fused-ring (bicyclic) bond motifs is 10. The van der Waals surface area contributed by atoms with Gasteiger partial charge in [0.05, 0.1) is 16.8 Å². The first-order valence-electron chi connectivity index (χ1n) is 19.2. The Balaban J connectivity index is 1.04. The van der Waals surface area contributed by atoms with Gasteiger partial charge >= 0.3 is 0 Å². The second-order valence-corrected chi connectivity index (χ2v) is 16.7. The van der Waals surface area contributed by atoms with Crippen LogP contribution in [0.3, 0.4) is 0 Å². The highest BCUT2D eigenvalue weighted by molar-refractivity contribution is 7.79. The fourth-order valence-electron chi connectivity index (χ4n) is 9.07. The summed E-state index contributed by atoms with van der Waals surface area (Å²) in [5, 5.41) is 4.04. The molecule has 56 heavy (non-hydrogen) atoms. The Hall–Kier alpha value is -6.73. The van der Waals surface area contributed by atoms with Crippen LogP contribution < -0.4 is 15.9 Å². The van der Waals surface area contributed by atoms with Crippen molar-refractivity contribution in [3.05, 3.63) is 235 Å². The minimum Gasteiger partial charge on any atom is -0.231 e. The smallest absolute Gasteiger partial charge is 0.160 e. The molecule has 0 radical (unpaired) electrons. The molecule has 0 aliphatic heterocycles. The molecule has 2 aliphatic carbocycles. The van der Waals surface area contributed by atoms with Crippen molar-refractivity contribution in [1.29, 1.82) is 0 Å². The highest BCUT2D eigenvalue weighted by atomic mass is 31.1. The fourth-order valence-corrected chi connectivity index (χ4v) is 11.4. The monoisotopic (exact) mass is 730 g/mol. The van der Waals surface area contributed by atoms with Crippen LogP contribution in [-0.2, 0) is 5.41 Å². The maximum Gasteiger partial charge on any atom is 0.160 e. The molecule has 262 valence electrons. The summed E-state index contributed by atoms with van der Waals surface area (Å²) in [5.74, 6) is 0.731. The van der Waals surface area contributed by atoms with Crippen LogP contribution >= 0.6 is 7.92 Å². The number of nitrogens with zero attached hydrogens (tertiary/aromatic N) is 2. The molecule has 2 nitrogen and oxygen atoms in total. The molecule has 0 atom stereocenters. The Labute approximate surface area is 328 Å². The van der Waals surface area contributed by atoms with E-state index in [4.69, 9.17) is 9.97 Å². The van der Waals surface area contributed by atoms with E-state index in [0.29, 0.717) is 0 Å². The summed E-state index contributed by atoms with van der Waals surface area (Å²) >= 11 is 0. The lowest BCUT2D eigenvalue weighted by Crippen LogP contribution is -2.27. The Morgan fingerprint density at radius 3 is 1.29 bits per heavy atom. The molecular formula is C53H35N2P. The van der Waals surface area contributed by atoms with Gasteiger partial charge in [-0.15, -0.1) is 0 Å². The molecule has 3 heteroatoms. The molecule has 11 rings (SSSR count). The van der Waals surface area contributed by atoms with E-state index in [0.717, 1.165) is 39.5 Å².